The van der Waals surface area contributed by atoms with Crippen LogP contribution in [0, 0.1) is 6.92 Å². The average molecular weight is 243 g/mol. The molecule has 0 unspecified atom stereocenters. The minimum atomic E-state index is 0.722. The molecular formula is C14H17N3O. The van der Waals surface area contributed by atoms with Gasteiger partial charge in [0.05, 0.1) is 12.8 Å². The smallest absolute Gasteiger partial charge is 0.144 e. The van der Waals surface area contributed by atoms with Crippen molar-refractivity contribution >= 4 is 11.9 Å². The predicted octanol–water partition coefficient (Wildman–Crippen LogP) is 2.68. The fourth-order valence-electron chi connectivity index (χ4n) is 1.70. The van der Waals surface area contributed by atoms with Crippen LogP contribution in [0.25, 0.3) is 0 Å². The molecule has 0 saturated heterocycles. The van der Waals surface area contributed by atoms with Gasteiger partial charge in [0, 0.05) is 25.9 Å². The molecule has 0 radical (unpaired) electrons. The minimum Gasteiger partial charge on any atom is -0.494 e. The van der Waals surface area contributed by atoms with Gasteiger partial charge in [-0.15, -0.1) is 0 Å². The van der Waals surface area contributed by atoms with E-state index in [0.717, 1.165) is 29.4 Å². The number of imidazole rings is 1. The van der Waals surface area contributed by atoms with Gasteiger partial charge < -0.3 is 9.30 Å². The fraction of sp³-hybridized carbons (Fsp3) is 0.286. The molecule has 0 aliphatic rings. The van der Waals surface area contributed by atoms with Gasteiger partial charge in [-0.3, -0.25) is 4.99 Å². The molecule has 0 atom stereocenters. The van der Waals surface area contributed by atoms with E-state index in [1.807, 2.05) is 55.2 Å². The van der Waals surface area contributed by atoms with Crippen molar-refractivity contribution in [1.29, 1.82) is 0 Å². The van der Waals surface area contributed by atoms with Gasteiger partial charge in [0.1, 0.15) is 17.3 Å². The van der Waals surface area contributed by atoms with E-state index in [1.54, 1.807) is 7.11 Å². The molecule has 4 nitrogen and oxygen atoms in total. The summed E-state index contributed by atoms with van der Waals surface area (Å²) in [6.45, 7) is 1.99. The third-order valence-corrected chi connectivity index (χ3v) is 2.77. The Kier molecular flexibility index (Phi) is 3.77. The molecule has 18 heavy (non-hydrogen) atoms. The quantitative estimate of drug-likeness (QED) is 0.774. The van der Waals surface area contributed by atoms with Crippen LogP contribution in [-0.4, -0.2) is 22.9 Å². The fourth-order valence-corrected chi connectivity index (χ4v) is 1.70. The summed E-state index contributed by atoms with van der Waals surface area (Å²) in [5.74, 6) is 1.79. The lowest BCUT2D eigenvalue weighted by Gasteiger charge is -2.02. The first-order valence-electron chi connectivity index (χ1n) is 5.85. The number of hydrogen-bond donors (Lipinski definition) is 0. The second-order valence-electron chi connectivity index (χ2n) is 4.08. The van der Waals surface area contributed by atoms with Crippen molar-refractivity contribution in [2.75, 3.05) is 7.11 Å². The maximum absolute atomic E-state index is 5.24. The largest absolute Gasteiger partial charge is 0.494 e. The van der Waals surface area contributed by atoms with Gasteiger partial charge in [0.25, 0.3) is 0 Å². The zero-order valence-corrected chi connectivity index (χ0v) is 10.9. The van der Waals surface area contributed by atoms with Gasteiger partial charge in [-0.05, 0) is 19.1 Å². The summed E-state index contributed by atoms with van der Waals surface area (Å²) in [5, 5.41) is 0. The Morgan fingerprint density at radius 2 is 2.17 bits per heavy atom. The average Bonchev–Trinajstić information content (AvgIpc) is 2.69. The molecule has 2 aromatic rings. The van der Waals surface area contributed by atoms with Crippen molar-refractivity contribution in [2.24, 2.45) is 12.0 Å². The van der Waals surface area contributed by atoms with Crippen molar-refractivity contribution in [1.82, 2.24) is 9.55 Å². The summed E-state index contributed by atoms with van der Waals surface area (Å²) < 4.78 is 7.24. The molecule has 0 fully saturated rings. The van der Waals surface area contributed by atoms with Crippen molar-refractivity contribution in [3.63, 3.8) is 0 Å². The van der Waals surface area contributed by atoms with Crippen LogP contribution in [0.15, 0.2) is 35.5 Å². The zero-order valence-electron chi connectivity index (χ0n) is 10.9. The SMILES string of the molecule is COc1ccccc1N=CCc1cn(C)c(C)n1. The van der Waals surface area contributed by atoms with Crippen LogP contribution < -0.4 is 4.74 Å². The molecule has 1 aromatic heterocycles. The van der Waals surface area contributed by atoms with Crippen LogP contribution in [0.1, 0.15) is 11.5 Å². The van der Waals surface area contributed by atoms with Crippen molar-refractivity contribution < 1.29 is 4.74 Å². The monoisotopic (exact) mass is 243 g/mol. The summed E-state index contributed by atoms with van der Waals surface area (Å²) in [4.78, 5) is 8.84. The Morgan fingerprint density at radius 3 is 2.83 bits per heavy atom. The highest BCUT2D eigenvalue weighted by atomic mass is 16.5. The molecule has 1 heterocycles. The molecular weight excluding hydrogens is 226 g/mol. The number of rotatable bonds is 4. The Labute approximate surface area is 107 Å². The van der Waals surface area contributed by atoms with Gasteiger partial charge in [-0.25, -0.2) is 4.98 Å². The molecule has 1 aromatic carbocycles. The second-order valence-corrected chi connectivity index (χ2v) is 4.08. The van der Waals surface area contributed by atoms with Crippen LogP contribution >= 0.6 is 0 Å². The predicted molar refractivity (Wildman–Crippen MR) is 72.8 cm³/mol. The van der Waals surface area contributed by atoms with Crippen LogP contribution in [-0.2, 0) is 13.5 Å². The van der Waals surface area contributed by atoms with E-state index in [1.165, 1.54) is 0 Å². The van der Waals surface area contributed by atoms with Crippen LogP contribution in [0.2, 0.25) is 0 Å². The first-order chi connectivity index (χ1) is 8.70. The number of aryl methyl sites for hydroxylation is 2. The minimum absolute atomic E-state index is 0.722. The van der Waals surface area contributed by atoms with E-state index in [9.17, 15) is 0 Å². The molecule has 0 aliphatic heterocycles. The molecule has 0 N–H and O–H groups in total. The summed E-state index contributed by atoms with van der Waals surface area (Å²) in [6, 6.07) is 7.71. The highest BCUT2D eigenvalue weighted by molar-refractivity contribution is 5.68. The first kappa shape index (κ1) is 12.4. The lowest BCUT2D eigenvalue weighted by atomic mass is 10.3. The van der Waals surface area contributed by atoms with Gasteiger partial charge in [-0.1, -0.05) is 12.1 Å². The molecule has 4 heteroatoms. The van der Waals surface area contributed by atoms with Crippen molar-refractivity contribution in [2.45, 2.75) is 13.3 Å². The van der Waals surface area contributed by atoms with Crippen LogP contribution in [0.5, 0.6) is 5.75 Å². The molecule has 0 bridgehead atoms. The maximum Gasteiger partial charge on any atom is 0.144 e. The number of para-hydroxylation sites is 2. The van der Waals surface area contributed by atoms with E-state index in [0.29, 0.717) is 0 Å². The number of aromatic nitrogens is 2. The highest BCUT2D eigenvalue weighted by Crippen LogP contribution is 2.25. The molecule has 0 aliphatic carbocycles. The topological polar surface area (TPSA) is 39.4 Å². The lowest BCUT2D eigenvalue weighted by Crippen LogP contribution is -1.87. The summed E-state index contributed by atoms with van der Waals surface area (Å²) in [7, 11) is 3.64. The highest BCUT2D eigenvalue weighted by Gasteiger charge is 2.00. The number of hydrogen-bond acceptors (Lipinski definition) is 3. The summed E-state index contributed by atoms with van der Waals surface area (Å²) in [5.41, 5.74) is 1.86. The third-order valence-electron chi connectivity index (χ3n) is 2.77. The van der Waals surface area contributed by atoms with Gasteiger partial charge in [0.15, 0.2) is 0 Å². The number of nitrogens with zero attached hydrogens (tertiary/aromatic N) is 3. The number of methoxy groups -OCH3 is 1. The van der Waals surface area contributed by atoms with Crippen LogP contribution in [0.4, 0.5) is 5.69 Å². The second kappa shape index (κ2) is 5.49. The Balaban J connectivity index is 2.07. The molecule has 0 spiro atoms. The van der Waals surface area contributed by atoms with Crippen molar-refractivity contribution in [3.05, 3.63) is 42.0 Å². The summed E-state index contributed by atoms with van der Waals surface area (Å²) >= 11 is 0. The van der Waals surface area contributed by atoms with Gasteiger partial charge in [0.2, 0.25) is 0 Å². The number of ether oxygens (including phenoxy) is 1. The maximum atomic E-state index is 5.24. The standard InChI is InChI=1S/C14H17N3O/c1-11-16-12(10-17(11)2)8-9-15-13-6-4-5-7-14(13)18-3/h4-7,9-10H,8H2,1-3H3. The number of aliphatic imine (C=N–C) groups is 1. The van der Waals surface area contributed by atoms with Crippen molar-refractivity contribution in [3.8, 4) is 5.75 Å². The third kappa shape index (κ3) is 2.77. The van der Waals surface area contributed by atoms with E-state index >= 15 is 0 Å². The zero-order chi connectivity index (χ0) is 13.0. The summed E-state index contributed by atoms with van der Waals surface area (Å²) in [6.07, 6.45) is 4.60. The van der Waals surface area contributed by atoms with E-state index in [2.05, 4.69) is 9.98 Å². The molecule has 0 saturated carbocycles. The Morgan fingerprint density at radius 1 is 1.39 bits per heavy atom. The Hall–Kier alpha value is -2.10. The first-order valence-corrected chi connectivity index (χ1v) is 5.85. The van der Waals surface area contributed by atoms with Crippen LogP contribution in [0.3, 0.4) is 0 Å². The van der Waals surface area contributed by atoms with Gasteiger partial charge in [-0.2, -0.15) is 0 Å². The van der Waals surface area contributed by atoms with E-state index < -0.39 is 0 Å². The molecule has 94 valence electrons. The van der Waals surface area contributed by atoms with Gasteiger partial charge >= 0.3 is 0 Å². The number of benzene rings is 1. The normalized spacial score (nSPS) is 11.1. The molecule has 2 rings (SSSR count). The molecule has 0 amide bonds. The lowest BCUT2D eigenvalue weighted by molar-refractivity contribution is 0.416. The van der Waals surface area contributed by atoms with E-state index in [-0.39, 0.29) is 0 Å². The van der Waals surface area contributed by atoms with E-state index in [4.69, 9.17) is 4.74 Å². The Bertz CT molecular complexity index is 538.